The van der Waals surface area contributed by atoms with Crippen LogP contribution in [-0.4, -0.2) is 56.5 Å². The highest BCUT2D eigenvalue weighted by atomic mass is 16.6. The average Bonchev–Trinajstić information content (AvgIpc) is 3.75. The van der Waals surface area contributed by atoms with Crippen molar-refractivity contribution < 1.29 is 28.5 Å². The Bertz CT molecular complexity index is 1170. The number of amides is 3. The minimum absolute atomic E-state index is 0.0613. The van der Waals surface area contributed by atoms with Gasteiger partial charge in [-0.05, 0) is 69.7 Å². The van der Waals surface area contributed by atoms with Crippen LogP contribution in [0.25, 0.3) is 0 Å². The Hall–Kier alpha value is -3.62. The van der Waals surface area contributed by atoms with Crippen molar-refractivity contribution in [3.8, 4) is 17.2 Å². The summed E-state index contributed by atoms with van der Waals surface area (Å²) in [7, 11) is 3.24. The van der Waals surface area contributed by atoms with Gasteiger partial charge in [0.05, 0.1) is 27.4 Å². The zero-order valence-corrected chi connectivity index (χ0v) is 24.5. The van der Waals surface area contributed by atoms with E-state index in [1.54, 1.807) is 19.1 Å². The van der Waals surface area contributed by atoms with Crippen molar-refractivity contribution >= 4 is 17.8 Å². The molecule has 0 aromatic heterocycles. The van der Waals surface area contributed by atoms with Crippen LogP contribution >= 0.6 is 0 Å². The second-order valence-corrected chi connectivity index (χ2v) is 11.5. The second-order valence-electron chi connectivity index (χ2n) is 11.5. The van der Waals surface area contributed by atoms with E-state index >= 15 is 0 Å². The SMILES string of the molecule is COc1cc(CNC(=O)OC(C)(C)C)ccc1CN1CCCN(c2ccc(OC)c(OCCCC3CC3)c2)C1=O. The molecule has 218 valence electrons. The molecule has 3 amide bonds. The molecule has 1 aliphatic heterocycles. The first kappa shape index (κ1) is 29.4. The number of nitrogens with one attached hydrogen (secondary N) is 1. The van der Waals surface area contributed by atoms with Crippen LogP contribution in [0.3, 0.4) is 0 Å². The monoisotopic (exact) mass is 553 g/mol. The molecule has 2 aromatic rings. The first-order chi connectivity index (χ1) is 19.2. The summed E-state index contributed by atoms with van der Waals surface area (Å²) >= 11 is 0. The van der Waals surface area contributed by atoms with Gasteiger partial charge >= 0.3 is 12.1 Å². The normalized spacial score (nSPS) is 15.6. The molecule has 9 heteroatoms. The second kappa shape index (κ2) is 13.2. The maximum Gasteiger partial charge on any atom is 0.407 e. The summed E-state index contributed by atoms with van der Waals surface area (Å²) in [5.41, 5.74) is 2.01. The predicted octanol–water partition coefficient (Wildman–Crippen LogP) is 6.13. The molecular weight excluding hydrogens is 510 g/mol. The zero-order valence-electron chi connectivity index (χ0n) is 24.5. The summed E-state index contributed by atoms with van der Waals surface area (Å²) in [6.45, 7) is 8.13. The lowest BCUT2D eigenvalue weighted by Gasteiger charge is -2.36. The predicted molar refractivity (Wildman–Crippen MR) is 154 cm³/mol. The Morgan fingerprint density at radius 2 is 1.77 bits per heavy atom. The van der Waals surface area contributed by atoms with Gasteiger partial charge in [0, 0.05) is 37.0 Å². The highest BCUT2D eigenvalue weighted by molar-refractivity contribution is 5.93. The topological polar surface area (TPSA) is 89.6 Å². The lowest BCUT2D eigenvalue weighted by molar-refractivity contribution is 0.0523. The number of rotatable bonds is 12. The molecule has 0 radical (unpaired) electrons. The number of hydrogen-bond acceptors (Lipinski definition) is 6. The van der Waals surface area contributed by atoms with Crippen molar-refractivity contribution in [2.45, 2.75) is 71.6 Å². The number of alkyl carbamates (subject to hydrolysis) is 1. The van der Waals surface area contributed by atoms with Crippen molar-refractivity contribution in [1.29, 1.82) is 0 Å². The minimum atomic E-state index is -0.559. The zero-order chi connectivity index (χ0) is 28.7. The molecule has 2 fully saturated rings. The number of hydrogen-bond donors (Lipinski definition) is 1. The van der Waals surface area contributed by atoms with Crippen molar-refractivity contribution in [1.82, 2.24) is 10.2 Å². The molecule has 0 bridgehead atoms. The molecule has 2 aliphatic rings. The molecule has 1 saturated heterocycles. The fraction of sp³-hybridized carbons (Fsp3) is 0.548. The third kappa shape index (κ3) is 8.19. The summed E-state index contributed by atoms with van der Waals surface area (Å²) in [5.74, 6) is 2.87. The van der Waals surface area contributed by atoms with Crippen molar-refractivity contribution in [3.63, 3.8) is 0 Å². The molecule has 0 unspecified atom stereocenters. The van der Waals surface area contributed by atoms with E-state index in [1.165, 1.54) is 19.3 Å². The Morgan fingerprint density at radius 1 is 1.00 bits per heavy atom. The number of nitrogens with zero attached hydrogens (tertiary/aromatic N) is 2. The summed E-state index contributed by atoms with van der Waals surface area (Å²) in [4.78, 5) is 29.2. The van der Waals surface area contributed by atoms with Crippen LogP contribution in [0, 0.1) is 5.92 Å². The fourth-order valence-electron chi connectivity index (χ4n) is 4.80. The molecule has 40 heavy (non-hydrogen) atoms. The number of methoxy groups -OCH3 is 2. The van der Waals surface area contributed by atoms with E-state index in [-0.39, 0.29) is 6.03 Å². The fourth-order valence-corrected chi connectivity index (χ4v) is 4.80. The number of ether oxygens (including phenoxy) is 4. The van der Waals surface area contributed by atoms with E-state index in [9.17, 15) is 9.59 Å². The van der Waals surface area contributed by atoms with Gasteiger partial charge in [-0.15, -0.1) is 0 Å². The van der Waals surface area contributed by atoms with Crippen LogP contribution in [0.1, 0.15) is 64.0 Å². The van der Waals surface area contributed by atoms with Gasteiger partial charge in [-0.25, -0.2) is 9.59 Å². The number of carbonyl (C=O) groups is 2. The van der Waals surface area contributed by atoms with Gasteiger partial charge in [0.1, 0.15) is 11.4 Å². The number of anilines is 1. The molecule has 9 nitrogen and oxygen atoms in total. The van der Waals surface area contributed by atoms with E-state index in [0.29, 0.717) is 50.0 Å². The van der Waals surface area contributed by atoms with E-state index in [1.807, 2.05) is 62.1 Å². The summed E-state index contributed by atoms with van der Waals surface area (Å²) in [5, 5.41) is 2.77. The van der Waals surface area contributed by atoms with Crippen LogP contribution in [0.4, 0.5) is 15.3 Å². The van der Waals surface area contributed by atoms with Crippen LogP contribution in [0.2, 0.25) is 0 Å². The van der Waals surface area contributed by atoms with Gasteiger partial charge in [-0.3, -0.25) is 4.90 Å². The van der Waals surface area contributed by atoms with Crippen LogP contribution < -0.4 is 24.4 Å². The number of urea groups is 1. The van der Waals surface area contributed by atoms with Crippen LogP contribution in [-0.2, 0) is 17.8 Å². The lowest BCUT2D eigenvalue weighted by atomic mass is 10.1. The number of carbonyl (C=O) groups excluding carboxylic acids is 2. The molecule has 1 aliphatic carbocycles. The van der Waals surface area contributed by atoms with Gasteiger partial charge in [-0.1, -0.05) is 25.0 Å². The molecule has 0 atom stereocenters. The van der Waals surface area contributed by atoms with E-state index in [0.717, 1.165) is 35.6 Å². The van der Waals surface area contributed by atoms with Gasteiger partial charge in [0.25, 0.3) is 0 Å². The van der Waals surface area contributed by atoms with Gasteiger partial charge in [0.15, 0.2) is 11.5 Å². The van der Waals surface area contributed by atoms with Gasteiger partial charge in [0.2, 0.25) is 0 Å². The Morgan fingerprint density at radius 3 is 2.48 bits per heavy atom. The van der Waals surface area contributed by atoms with Crippen molar-refractivity contribution in [2.24, 2.45) is 5.92 Å². The molecule has 2 aromatic carbocycles. The van der Waals surface area contributed by atoms with Crippen molar-refractivity contribution in [2.75, 3.05) is 38.8 Å². The van der Waals surface area contributed by atoms with Gasteiger partial charge < -0.3 is 29.2 Å². The standard InChI is InChI=1S/C31H43N3O6/c1-31(2,3)40-29(35)32-20-23-11-12-24(27(18-23)38-5)21-33-15-7-16-34(30(33)36)25-13-14-26(37-4)28(19-25)39-17-6-8-22-9-10-22/h11-14,18-19,22H,6-10,15-17,20-21H2,1-5H3,(H,32,35). The van der Waals surface area contributed by atoms with E-state index < -0.39 is 11.7 Å². The summed E-state index contributed by atoms with van der Waals surface area (Å²) in [6.07, 6.45) is 5.27. The average molecular weight is 554 g/mol. The molecule has 4 rings (SSSR count). The third-order valence-electron chi connectivity index (χ3n) is 7.03. The smallest absolute Gasteiger partial charge is 0.407 e. The molecule has 1 heterocycles. The minimum Gasteiger partial charge on any atom is -0.496 e. The molecule has 0 spiro atoms. The highest BCUT2D eigenvalue weighted by Gasteiger charge is 2.28. The first-order valence-corrected chi connectivity index (χ1v) is 14.2. The lowest BCUT2D eigenvalue weighted by Crippen LogP contribution is -2.49. The molecule has 1 N–H and O–H groups in total. The maximum atomic E-state index is 13.6. The van der Waals surface area contributed by atoms with Crippen LogP contribution in [0.15, 0.2) is 36.4 Å². The number of benzene rings is 2. The largest absolute Gasteiger partial charge is 0.496 e. The molecular formula is C31H43N3O6. The van der Waals surface area contributed by atoms with Gasteiger partial charge in [-0.2, -0.15) is 0 Å². The molecule has 1 saturated carbocycles. The third-order valence-corrected chi connectivity index (χ3v) is 7.03. The first-order valence-electron chi connectivity index (χ1n) is 14.2. The van der Waals surface area contributed by atoms with E-state index in [4.69, 9.17) is 18.9 Å². The maximum absolute atomic E-state index is 13.6. The van der Waals surface area contributed by atoms with Crippen molar-refractivity contribution in [3.05, 3.63) is 47.5 Å². The summed E-state index contributed by atoms with van der Waals surface area (Å²) < 4.78 is 22.5. The summed E-state index contributed by atoms with van der Waals surface area (Å²) in [6, 6.07) is 11.4. The Kier molecular flexibility index (Phi) is 9.66. The Balaban J connectivity index is 1.39. The Labute approximate surface area is 237 Å². The highest BCUT2D eigenvalue weighted by Crippen LogP contribution is 2.35. The quantitative estimate of drug-likeness (QED) is 0.318. The van der Waals surface area contributed by atoms with Crippen LogP contribution in [0.5, 0.6) is 17.2 Å². The van der Waals surface area contributed by atoms with E-state index in [2.05, 4.69) is 5.32 Å².